The van der Waals surface area contributed by atoms with E-state index in [1.165, 1.54) is 11.5 Å². The van der Waals surface area contributed by atoms with Gasteiger partial charge in [0.1, 0.15) is 11.2 Å². The Kier molecular flexibility index (Phi) is 7.60. The van der Waals surface area contributed by atoms with Crippen LogP contribution in [0.3, 0.4) is 0 Å². The van der Waals surface area contributed by atoms with Gasteiger partial charge in [-0.2, -0.15) is 4.90 Å². The third kappa shape index (κ3) is 7.24. The molecule has 9 heteroatoms. The number of rotatable bonds is 5. The zero-order valence-corrected chi connectivity index (χ0v) is 18.3. The number of imide groups is 1. The van der Waals surface area contributed by atoms with Crippen molar-refractivity contribution in [2.24, 2.45) is 0 Å². The van der Waals surface area contributed by atoms with Gasteiger partial charge in [0.05, 0.1) is 19.3 Å². The lowest BCUT2D eigenvalue weighted by Gasteiger charge is -2.32. The number of ether oxygens (including phenoxy) is 3. The summed E-state index contributed by atoms with van der Waals surface area (Å²) in [7, 11) is 1.14. The first-order chi connectivity index (χ1) is 13.2. The Labute approximate surface area is 170 Å². The second kappa shape index (κ2) is 9.11. The zero-order chi connectivity index (χ0) is 22.6. The number of carbonyl (C=O) groups excluding carboxylic acids is 4. The molecule has 0 radical (unpaired) electrons. The van der Waals surface area contributed by atoms with Crippen molar-refractivity contribution in [3.05, 3.63) is 24.0 Å². The van der Waals surface area contributed by atoms with Crippen molar-refractivity contribution in [3.63, 3.8) is 0 Å². The van der Waals surface area contributed by atoms with Crippen LogP contribution in [0.15, 0.2) is 18.3 Å². The lowest BCUT2D eigenvalue weighted by Crippen LogP contribution is -2.53. The fraction of sp³-hybridized carbons (Fsp3) is 0.600. The molecule has 0 bridgehead atoms. The van der Waals surface area contributed by atoms with Crippen molar-refractivity contribution in [1.82, 2.24) is 9.47 Å². The summed E-state index contributed by atoms with van der Waals surface area (Å²) in [5.74, 6) is -1.09. The molecule has 29 heavy (non-hydrogen) atoms. The second-order valence-corrected chi connectivity index (χ2v) is 8.47. The number of ketones is 1. The minimum atomic E-state index is -1.41. The number of carbonyl (C=O) groups is 4. The van der Waals surface area contributed by atoms with E-state index < -0.39 is 35.4 Å². The van der Waals surface area contributed by atoms with Crippen molar-refractivity contribution in [2.75, 3.05) is 7.11 Å². The molecule has 2 amide bonds. The molecule has 1 aromatic heterocycles. The van der Waals surface area contributed by atoms with E-state index in [0.717, 1.165) is 7.11 Å². The van der Waals surface area contributed by atoms with Crippen molar-refractivity contribution in [1.29, 1.82) is 0 Å². The summed E-state index contributed by atoms with van der Waals surface area (Å²) >= 11 is 0. The van der Waals surface area contributed by atoms with Crippen LogP contribution in [0.4, 0.5) is 9.59 Å². The predicted molar refractivity (Wildman–Crippen MR) is 105 cm³/mol. The minimum absolute atomic E-state index is 0.201. The summed E-state index contributed by atoms with van der Waals surface area (Å²) in [6.45, 7) is 11.0. The standard InChI is InChI=1S/C20H30N2O7/c1-13(23)14-10-9-11-21(14)12-15(16(24)27-8)22(17(25)28-19(2,3)4)18(26)29-20(5,6)7/h9-11,15H,12H2,1-8H3. The average Bonchev–Trinajstić information content (AvgIpc) is 2.98. The van der Waals surface area contributed by atoms with Crippen LogP contribution in [0.1, 0.15) is 59.0 Å². The maximum absolute atomic E-state index is 12.8. The van der Waals surface area contributed by atoms with Crippen LogP contribution in [0.2, 0.25) is 0 Å². The van der Waals surface area contributed by atoms with Gasteiger partial charge < -0.3 is 18.8 Å². The van der Waals surface area contributed by atoms with Gasteiger partial charge in [-0.15, -0.1) is 0 Å². The Hall–Kier alpha value is -2.84. The maximum atomic E-state index is 12.8. The monoisotopic (exact) mass is 410 g/mol. The maximum Gasteiger partial charge on any atom is 0.420 e. The Morgan fingerprint density at radius 1 is 1.00 bits per heavy atom. The van der Waals surface area contributed by atoms with E-state index in [9.17, 15) is 19.2 Å². The van der Waals surface area contributed by atoms with Crippen LogP contribution in [-0.2, 0) is 25.5 Å². The molecular weight excluding hydrogens is 380 g/mol. The van der Waals surface area contributed by atoms with Gasteiger partial charge in [-0.25, -0.2) is 14.4 Å². The molecule has 0 saturated heterocycles. The van der Waals surface area contributed by atoms with Crippen LogP contribution in [0, 0.1) is 0 Å². The SMILES string of the molecule is COC(=O)C(Cn1cccc1C(C)=O)N(C(=O)OC(C)(C)C)C(=O)OC(C)(C)C. The lowest BCUT2D eigenvalue weighted by atomic mass is 10.2. The van der Waals surface area contributed by atoms with Crippen LogP contribution >= 0.6 is 0 Å². The molecule has 1 rings (SSSR count). The third-order valence-electron chi connectivity index (χ3n) is 3.53. The number of nitrogens with zero attached hydrogens (tertiary/aromatic N) is 2. The fourth-order valence-corrected chi connectivity index (χ4v) is 2.43. The Morgan fingerprint density at radius 3 is 1.86 bits per heavy atom. The topological polar surface area (TPSA) is 104 Å². The van der Waals surface area contributed by atoms with Gasteiger partial charge in [-0.05, 0) is 53.7 Å². The first-order valence-corrected chi connectivity index (χ1v) is 9.15. The Balaban J connectivity index is 3.40. The molecule has 0 aromatic carbocycles. The second-order valence-electron chi connectivity index (χ2n) is 8.47. The molecule has 1 aromatic rings. The lowest BCUT2D eigenvalue weighted by molar-refractivity contribution is -0.147. The van der Waals surface area contributed by atoms with Crippen LogP contribution in [0.5, 0.6) is 0 Å². The summed E-state index contributed by atoms with van der Waals surface area (Å²) < 4.78 is 16.9. The van der Waals surface area contributed by atoms with E-state index in [1.807, 2.05) is 0 Å². The van der Waals surface area contributed by atoms with E-state index in [4.69, 9.17) is 14.2 Å². The number of hydrogen-bond donors (Lipinski definition) is 0. The fourth-order valence-electron chi connectivity index (χ4n) is 2.43. The van der Waals surface area contributed by atoms with Gasteiger partial charge in [0.2, 0.25) is 0 Å². The molecule has 0 spiro atoms. The summed E-state index contributed by atoms with van der Waals surface area (Å²) in [6.07, 6.45) is -0.549. The van der Waals surface area contributed by atoms with Gasteiger partial charge in [0, 0.05) is 13.1 Å². The first kappa shape index (κ1) is 24.2. The largest absolute Gasteiger partial charge is 0.467 e. The molecule has 0 aliphatic carbocycles. The molecule has 1 unspecified atom stereocenters. The number of Topliss-reactive ketones (excluding diaryl/α,β-unsaturated/α-hetero) is 1. The summed E-state index contributed by atoms with van der Waals surface area (Å²) in [4.78, 5) is 50.6. The van der Waals surface area contributed by atoms with E-state index >= 15 is 0 Å². The van der Waals surface area contributed by atoms with Crippen LogP contribution in [-0.4, -0.2) is 57.8 Å². The van der Waals surface area contributed by atoms with Gasteiger partial charge >= 0.3 is 18.2 Å². The van der Waals surface area contributed by atoms with E-state index in [0.29, 0.717) is 10.6 Å². The summed E-state index contributed by atoms with van der Waals surface area (Å²) in [6, 6.07) is 1.79. The molecule has 162 valence electrons. The molecular formula is C20H30N2O7. The Bertz CT molecular complexity index is 741. The quantitative estimate of drug-likeness (QED) is 0.416. The van der Waals surface area contributed by atoms with Crippen LogP contribution in [0.25, 0.3) is 0 Å². The molecule has 1 atom stereocenters. The summed E-state index contributed by atoms with van der Waals surface area (Å²) in [5, 5.41) is 0. The molecule has 0 fully saturated rings. The third-order valence-corrected chi connectivity index (χ3v) is 3.53. The number of esters is 1. The molecule has 0 aliphatic heterocycles. The van der Waals surface area contributed by atoms with Gasteiger partial charge in [-0.1, -0.05) is 0 Å². The number of amides is 2. The highest BCUT2D eigenvalue weighted by molar-refractivity contribution is 5.95. The predicted octanol–water partition coefficient (Wildman–Crippen LogP) is 3.40. The van der Waals surface area contributed by atoms with Gasteiger partial charge in [-0.3, -0.25) is 4.79 Å². The number of hydrogen-bond acceptors (Lipinski definition) is 7. The van der Waals surface area contributed by atoms with Crippen molar-refractivity contribution in [3.8, 4) is 0 Å². The van der Waals surface area contributed by atoms with Gasteiger partial charge in [0.25, 0.3) is 0 Å². The molecule has 0 N–H and O–H groups in total. The number of aromatic nitrogens is 1. The summed E-state index contributed by atoms with van der Waals surface area (Å²) in [5.41, 5.74) is -1.53. The van der Waals surface area contributed by atoms with Crippen molar-refractivity contribution >= 4 is 23.9 Å². The molecule has 0 aliphatic rings. The zero-order valence-electron chi connectivity index (χ0n) is 18.3. The molecule has 0 saturated carbocycles. The average molecular weight is 410 g/mol. The normalized spacial score (nSPS) is 12.7. The Morgan fingerprint density at radius 2 is 1.48 bits per heavy atom. The van der Waals surface area contributed by atoms with E-state index in [-0.39, 0.29) is 12.3 Å². The molecule has 9 nitrogen and oxygen atoms in total. The highest BCUT2D eigenvalue weighted by atomic mass is 16.6. The van der Waals surface area contributed by atoms with Crippen molar-refractivity contribution in [2.45, 2.75) is 72.3 Å². The van der Waals surface area contributed by atoms with E-state index in [1.54, 1.807) is 59.9 Å². The van der Waals surface area contributed by atoms with Crippen molar-refractivity contribution < 1.29 is 33.4 Å². The minimum Gasteiger partial charge on any atom is -0.467 e. The van der Waals surface area contributed by atoms with E-state index in [2.05, 4.69) is 0 Å². The van der Waals surface area contributed by atoms with Gasteiger partial charge in [0.15, 0.2) is 11.8 Å². The van der Waals surface area contributed by atoms with Crippen LogP contribution < -0.4 is 0 Å². The smallest absolute Gasteiger partial charge is 0.420 e. The highest BCUT2D eigenvalue weighted by Crippen LogP contribution is 2.19. The number of methoxy groups -OCH3 is 1. The highest BCUT2D eigenvalue weighted by Gasteiger charge is 2.41. The molecule has 1 heterocycles. The first-order valence-electron chi connectivity index (χ1n) is 9.15.